The van der Waals surface area contributed by atoms with Crippen molar-refractivity contribution in [3.05, 3.63) is 102 Å². The van der Waals surface area contributed by atoms with Gasteiger partial charge in [0, 0.05) is 5.69 Å². The monoisotopic (exact) mass is 402 g/mol. The van der Waals surface area contributed by atoms with Gasteiger partial charge in [-0.15, -0.1) is 0 Å². The van der Waals surface area contributed by atoms with Gasteiger partial charge in [-0.05, 0) is 37.4 Å². The van der Waals surface area contributed by atoms with E-state index in [1.807, 2.05) is 105 Å². The summed E-state index contributed by atoms with van der Waals surface area (Å²) in [7, 11) is 3.75. The van der Waals surface area contributed by atoms with Crippen molar-refractivity contribution in [2.75, 3.05) is 19.4 Å². The zero-order valence-electron chi connectivity index (χ0n) is 17.1. The summed E-state index contributed by atoms with van der Waals surface area (Å²) in [6, 6.07) is 27.5. The Hall–Kier alpha value is -3.64. The van der Waals surface area contributed by atoms with Gasteiger partial charge in [-0.2, -0.15) is 0 Å². The van der Waals surface area contributed by atoms with Gasteiger partial charge >= 0.3 is 6.03 Å². The second-order valence-electron chi connectivity index (χ2n) is 6.89. The predicted molar refractivity (Wildman–Crippen MR) is 119 cm³/mol. The molecule has 3 amide bonds. The number of nitrogens with zero attached hydrogens (tertiary/aromatic N) is 1. The zero-order chi connectivity index (χ0) is 21.3. The van der Waals surface area contributed by atoms with E-state index in [9.17, 15) is 9.59 Å². The number of urea groups is 1. The van der Waals surface area contributed by atoms with Gasteiger partial charge in [-0.3, -0.25) is 10.2 Å². The van der Waals surface area contributed by atoms with E-state index in [2.05, 4.69) is 16.1 Å². The predicted octanol–water partition coefficient (Wildman–Crippen LogP) is 3.93. The van der Waals surface area contributed by atoms with E-state index in [0.29, 0.717) is 5.69 Å². The Kier molecular flexibility index (Phi) is 7.19. The van der Waals surface area contributed by atoms with Crippen molar-refractivity contribution in [2.45, 2.75) is 12.0 Å². The minimum absolute atomic E-state index is 0.196. The van der Waals surface area contributed by atoms with Crippen molar-refractivity contribution >= 4 is 17.6 Å². The fourth-order valence-corrected chi connectivity index (χ4v) is 3.42. The summed E-state index contributed by atoms with van der Waals surface area (Å²) >= 11 is 0. The molecule has 0 spiro atoms. The van der Waals surface area contributed by atoms with Crippen molar-refractivity contribution in [1.82, 2.24) is 15.8 Å². The normalized spacial score (nSPS) is 17.5. The molecule has 1 aliphatic rings. The molecule has 1 fully saturated rings. The lowest BCUT2D eigenvalue weighted by Gasteiger charge is -2.26. The highest BCUT2D eigenvalue weighted by Gasteiger charge is 2.45. The van der Waals surface area contributed by atoms with Crippen molar-refractivity contribution in [3.8, 4) is 0 Å². The first kappa shape index (κ1) is 21.1. The Morgan fingerprint density at radius 2 is 1.27 bits per heavy atom. The van der Waals surface area contributed by atoms with E-state index >= 15 is 0 Å². The third-order valence-electron chi connectivity index (χ3n) is 4.65. The van der Waals surface area contributed by atoms with Crippen molar-refractivity contribution in [1.29, 1.82) is 0 Å². The summed E-state index contributed by atoms with van der Waals surface area (Å²) in [5, 5.41) is 6.99. The van der Waals surface area contributed by atoms with Crippen LogP contribution in [0.1, 0.15) is 23.1 Å². The highest BCUT2D eigenvalue weighted by Crippen LogP contribution is 2.39. The molecule has 0 bridgehead atoms. The Bertz CT molecular complexity index is 949. The molecule has 6 heteroatoms. The average molecular weight is 402 g/mol. The van der Waals surface area contributed by atoms with E-state index in [-0.39, 0.29) is 11.9 Å². The Morgan fingerprint density at radius 1 is 0.800 bits per heavy atom. The topological polar surface area (TPSA) is 73.5 Å². The van der Waals surface area contributed by atoms with Crippen LogP contribution in [0.15, 0.2) is 91.0 Å². The number of anilines is 1. The zero-order valence-corrected chi connectivity index (χ0v) is 17.1. The first-order valence-corrected chi connectivity index (χ1v) is 9.80. The van der Waals surface area contributed by atoms with Crippen LogP contribution >= 0.6 is 0 Å². The maximum absolute atomic E-state index is 12.9. The molecule has 3 aromatic carbocycles. The average Bonchev–Trinajstić information content (AvgIpc) is 3.13. The number of hydrogen-bond acceptors (Lipinski definition) is 3. The van der Waals surface area contributed by atoms with E-state index in [4.69, 9.17) is 0 Å². The summed E-state index contributed by atoms with van der Waals surface area (Å²) in [5.41, 5.74) is 5.20. The van der Waals surface area contributed by atoms with Crippen molar-refractivity contribution in [2.24, 2.45) is 0 Å². The highest BCUT2D eigenvalue weighted by molar-refractivity contribution is 5.96. The molecule has 30 heavy (non-hydrogen) atoms. The van der Waals surface area contributed by atoms with Gasteiger partial charge < -0.3 is 10.6 Å². The Labute approximate surface area is 176 Å². The molecule has 0 aromatic heterocycles. The van der Waals surface area contributed by atoms with E-state index in [1.54, 1.807) is 0 Å². The molecule has 0 aliphatic carbocycles. The Morgan fingerprint density at radius 3 is 1.80 bits per heavy atom. The van der Waals surface area contributed by atoms with Crippen LogP contribution in [0.3, 0.4) is 0 Å². The summed E-state index contributed by atoms with van der Waals surface area (Å²) in [6.45, 7) is 0. The lowest BCUT2D eigenvalue weighted by molar-refractivity contribution is -0.121. The standard InChI is InChI=1S/C22H19N3O2.C2H7N/c26-21-19(16-10-4-1-5-11-16)20(17-12-6-2-7-13-17)25(24-21)22(27)23-18-14-8-3-9-15-18;1-3-2/h1-15,19-20H,(H,23,27)(H,24,26);3H,1-2H3. The largest absolute Gasteiger partial charge is 0.341 e. The summed E-state index contributed by atoms with van der Waals surface area (Å²) in [6.07, 6.45) is 0. The van der Waals surface area contributed by atoms with Crippen LogP contribution in [0.4, 0.5) is 10.5 Å². The molecule has 2 atom stereocenters. The molecule has 3 aromatic rings. The number of hydrazine groups is 1. The number of benzene rings is 3. The second-order valence-corrected chi connectivity index (χ2v) is 6.89. The van der Waals surface area contributed by atoms with Crippen LogP contribution in [0, 0.1) is 0 Å². The number of para-hydroxylation sites is 1. The van der Waals surface area contributed by atoms with Gasteiger partial charge in [0.2, 0.25) is 5.91 Å². The lowest BCUT2D eigenvalue weighted by Crippen LogP contribution is -2.42. The summed E-state index contributed by atoms with van der Waals surface area (Å²) in [5.74, 6) is -0.673. The van der Waals surface area contributed by atoms with E-state index < -0.39 is 12.0 Å². The molecule has 2 unspecified atom stereocenters. The van der Waals surface area contributed by atoms with Gasteiger partial charge in [0.05, 0.1) is 12.0 Å². The van der Waals surface area contributed by atoms with Crippen molar-refractivity contribution < 1.29 is 9.59 Å². The number of carbonyl (C=O) groups is 2. The molecular weight excluding hydrogens is 376 g/mol. The fourth-order valence-electron chi connectivity index (χ4n) is 3.42. The molecule has 6 nitrogen and oxygen atoms in total. The first-order valence-electron chi connectivity index (χ1n) is 9.80. The quantitative estimate of drug-likeness (QED) is 0.622. The number of hydrogen-bond donors (Lipinski definition) is 3. The molecule has 1 saturated heterocycles. The smallest absolute Gasteiger partial charge is 0.323 e. The number of nitrogens with one attached hydrogen (secondary N) is 3. The van der Waals surface area contributed by atoms with Crippen LogP contribution in [-0.2, 0) is 4.79 Å². The van der Waals surface area contributed by atoms with Gasteiger partial charge in [-0.25, -0.2) is 9.80 Å². The molecule has 0 radical (unpaired) electrons. The van der Waals surface area contributed by atoms with E-state index in [0.717, 1.165) is 11.1 Å². The minimum Gasteiger partial charge on any atom is -0.323 e. The molecule has 4 rings (SSSR count). The van der Waals surface area contributed by atoms with Gasteiger partial charge in [-0.1, -0.05) is 78.9 Å². The molecule has 154 valence electrons. The maximum Gasteiger partial charge on any atom is 0.341 e. The Balaban J connectivity index is 0.000000806. The van der Waals surface area contributed by atoms with Gasteiger partial charge in [0.1, 0.15) is 0 Å². The maximum atomic E-state index is 12.9. The van der Waals surface area contributed by atoms with Crippen molar-refractivity contribution in [3.63, 3.8) is 0 Å². The summed E-state index contributed by atoms with van der Waals surface area (Å²) < 4.78 is 0. The fraction of sp³-hybridized carbons (Fsp3) is 0.167. The van der Waals surface area contributed by atoms with Crippen LogP contribution in [0.2, 0.25) is 0 Å². The molecule has 1 heterocycles. The first-order chi connectivity index (χ1) is 14.7. The molecular formula is C24H26N4O2. The van der Waals surface area contributed by atoms with E-state index in [1.165, 1.54) is 5.01 Å². The molecule has 1 aliphatic heterocycles. The molecule has 0 saturated carbocycles. The minimum atomic E-state index is -0.477. The second kappa shape index (κ2) is 10.2. The SMILES string of the molecule is CNC.O=C1NN(C(=O)Nc2ccccc2)C(c2ccccc2)C1c1ccccc1. The number of amides is 3. The molecule has 3 N–H and O–H groups in total. The highest BCUT2D eigenvalue weighted by atomic mass is 16.2. The van der Waals surface area contributed by atoms with Crippen LogP contribution in [0.5, 0.6) is 0 Å². The van der Waals surface area contributed by atoms with Crippen LogP contribution < -0.4 is 16.1 Å². The number of rotatable bonds is 3. The number of carbonyl (C=O) groups excluding carboxylic acids is 2. The third-order valence-corrected chi connectivity index (χ3v) is 4.65. The van der Waals surface area contributed by atoms with Gasteiger partial charge in [0.15, 0.2) is 0 Å². The third kappa shape index (κ3) is 4.85. The van der Waals surface area contributed by atoms with Crippen LogP contribution in [0.25, 0.3) is 0 Å². The van der Waals surface area contributed by atoms with Crippen LogP contribution in [-0.4, -0.2) is 31.0 Å². The summed E-state index contributed by atoms with van der Waals surface area (Å²) in [4.78, 5) is 25.7. The van der Waals surface area contributed by atoms with Gasteiger partial charge in [0.25, 0.3) is 0 Å². The lowest BCUT2D eigenvalue weighted by atomic mass is 9.87.